The highest BCUT2D eigenvalue weighted by Crippen LogP contribution is 2.19. The van der Waals surface area contributed by atoms with Gasteiger partial charge in [-0.3, -0.25) is 4.79 Å². The Morgan fingerprint density at radius 1 is 1.38 bits per heavy atom. The number of nitrogens with one attached hydrogen (secondary N) is 1. The molecule has 0 saturated heterocycles. The molecule has 0 rings (SSSR count). The molecule has 0 aliphatic carbocycles. The van der Waals surface area contributed by atoms with E-state index < -0.39 is 0 Å². The molecule has 0 saturated carbocycles. The number of carbonyl (C=O) groups excluding carboxylic acids is 1. The Morgan fingerprint density at radius 3 is 2.38 bits per heavy atom. The molecular formula is C13H28N2O. The van der Waals surface area contributed by atoms with Crippen molar-refractivity contribution in [3.05, 3.63) is 0 Å². The van der Waals surface area contributed by atoms with Gasteiger partial charge < -0.3 is 11.1 Å². The smallest absolute Gasteiger partial charge is 0.220 e. The number of nitrogens with two attached hydrogens (primary N) is 1. The number of rotatable bonds is 6. The number of hydrogen-bond acceptors (Lipinski definition) is 2. The molecule has 0 spiro atoms. The lowest BCUT2D eigenvalue weighted by Crippen LogP contribution is -2.39. The molecule has 3 nitrogen and oxygen atoms in total. The van der Waals surface area contributed by atoms with Crippen molar-refractivity contribution in [3.63, 3.8) is 0 Å². The normalized spacial score (nSPS) is 15.6. The third-order valence-electron chi connectivity index (χ3n) is 2.67. The average Bonchev–Trinajstić information content (AvgIpc) is 2.12. The summed E-state index contributed by atoms with van der Waals surface area (Å²) in [6.07, 6.45) is 2.58. The molecule has 0 aromatic carbocycles. The van der Waals surface area contributed by atoms with Crippen LogP contribution < -0.4 is 11.1 Å². The van der Waals surface area contributed by atoms with E-state index in [1.165, 1.54) is 0 Å². The fourth-order valence-electron chi connectivity index (χ4n) is 1.64. The van der Waals surface area contributed by atoms with Crippen LogP contribution in [0.4, 0.5) is 0 Å². The highest BCUT2D eigenvalue weighted by Gasteiger charge is 2.16. The SMILES string of the molecule is CCC(C)CC(=O)NCC(N)CC(C)(C)C. The lowest BCUT2D eigenvalue weighted by molar-refractivity contribution is -0.122. The van der Waals surface area contributed by atoms with Crippen molar-refractivity contribution in [1.29, 1.82) is 0 Å². The first-order valence-electron chi connectivity index (χ1n) is 6.27. The average molecular weight is 228 g/mol. The second-order valence-corrected chi connectivity index (χ2v) is 6.05. The van der Waals surface area contributed by atoms with Gasteiger partial charge in [0.25, 0.3) is 0 Å². The van der Waals surface area contributed by atoms with Gasteiger partial charge in [-0.1, -0.05) is 41.0 Å². The van der Waals surface area contributed by atoms with Gasteiger partial charge in [0, 0.05) is 19.0 Å². The molecule has 96 valence electrons. The molecule has 16 heavy (non-hydrogen) atoms. The Hall–Kier alpha value is -0.570. The first-order valence-corrected chi connectivity index (χ1v) is 6.27. The van der Waals surface area contributed by atoms with Crippen molar-refractivity contribution in [2.75, 3.05) is 6.54 Å². The van der Waals surface area contributed by atoms with Crippen LogP contribution in [0.15, 0.2) is 0 Å². The summed E-state index contributed by atoms with van der Waals surface area (Å²) in [6, 6.07) is 0.0564. The summed E-state index contributed by atoms with van der Waals surface area (Å²) in [5, 5.41) is 2.91. The quantitative estimate of drug-likeness (QED) is 0.733. The fraction of sp³-hybridized carbons (Fsp3) is 0.923. The van der Waals surface area contributed by atoms with E-state index in [4.69, 9.17) is 5.73 Å². The minimum Gasteiger partial charge on any atom is -0.355 e. The van der Waals surface area contributed by atoms with Gasteiger partial charge in [-0.25, -0.2) is 0 Å². The van der Waals surface area contributed by atoms with E-state index in [0.717, 1.165) is 12.8 Å². The van der Waals surface area contributed by atoms with Crippen LogP contribution >= 0.6 is 0 Å². The summed E-state index contributed by atoms with van der Waals surface area (Å²) in [7, 11) is 0. The summed E-state index contributed by atoms with van der Waals surface area (Å²) in [6.45, 7) is 11.3. The third kappa shape index (κ3) is 8.72. The van der Waals surface area contributed by atoms with Crippen molar-refractivity contribution in [3.8, 4) is 0 Å². The van der Waals surface area contributed by atoms with Crippen LogP contribution in [0, 0.1) is 11.3 Å². The molecule has 0 fully saturated rings. The van der Waals surface area contributed by atoms with E-state index in [0.29, 0.717) is 18.9 Å². The van der Waals surface area contributed by atoms with E-state index in [-0.39, 0.29) is 17.4 Å². The van der Waals surface area contributed by atoms with Gasteiger partial charge in [-0.15, -0.1) is 0 Å². The largest absolute Gasteiger partial charge is 0.355 e. The fourth-order valence-corrected chi connectivity index (χ4v) is 1.64. The summed E-state index contributed by atoms with van der Waals surface area (Å²) < 4.78 is 0. The zero-order valence-electron chi connectivity index (χ0n) is 11.5. The van der Waals surface area contributed by atoms with Crippen molar-refractivity contribution >= 4 is 5.91 Å². The van der Waals surface area contributed by atoms with Gasteiger partial charge in [-0.2, -0.15) is 0 Å². The molecule has 0 aromatic heterocycles. The van der Waals surface area contributed by atoms with E-state index in [2.05, 4.69) is 39.9 Å². The van der Waals surface area contributed by atoms with Crippen LogP contribution in [0.3, 0.4) is 0 Å². The van der Waals surface area contributed by atoms with E-state index in [1.807, 2.05) is 0 Å². The Kier molecular flexibility index (Phi) is 6.65. The number of hydrogen-bond donors (Lipinski definition) is 2. The van der Waals surface area contributed by atoms with E-state index in [9.17, 15) is 4.79 Å². The third-order valence-corrected chi connectivity index (χ3v) is 2.67. The lowest BCUT2D eigenvalue weighted by atomic mass is 9.88. The van der Waals surface area contributed by atoms with Crippen LogP contribution in [0.5, 0.6) is 0 Å². The topological polar surface area (TPSA) is 55.1 Å². The zero-order chi connectivity index (χ0) is 12.8. The minimum absolute atomic E-state index is 0.0564. The summed E-state index contributed by atoms with van der Waals surface area (Å²) in [5.41, 5.74) is 6.18. The molecule has 0 bridgehead atoms. The molecule has 3 heteroatoms. The van der Waals surface area contributed by atoms with Gasteiger partial charge in [0.05, 0.1) is 0 Å². The second kappa shape index (κ2) is 6.89. The van der Waals surface area contributed by atoms with Gasteiger partial charge >= 0.3 is 0 Å². The van der Waals surface area contributed by atoms with Crippen molar-refractivity contribution in [2.24, 2.45) is 17.1 Å². The van der Waals surface area contributed by atoms with Crippen LogP contribution in [0.1, 0.15) is 53.9 Å². The Balaban J connectivity index is 3.75. The molecular weight excluding hydrogens is 200 g/mol. The molecule has 0 aromatic rings. The summed E-state index contributed by atoms with van der Waals surface area (Å²) in [5.74, 6) is 0.581. The van der Waals surface area contributed by atoms with Gasteiger partial charge in [-0.05, 0) is 17.8 Å². The minimum atomic E-state index is 0.0564. The molecule has 2 atom stereocenters. The van der Waals surface area contributed by atoms with Crippen LogP contribution in [-0.4, -0.2) is 18.5 Å². The lowest BCUT2D eigenvalue weighted by Gasteiger charge is -2.23. The van der Waals surface area contributed by atoms with Crippen LogP contribution in [0.25, 0.3) is 0 Å². The molecule has 3 N–H and O–H groups in total. The summed E-state index contributed by atoms with van der Waals surface area (Å²) in [4.78, 5) is 11.5. The maximum atomic E-state index is 11.5. The maximum Gasteiger partial charge on any atom is 0.220 e. The zero-order valence-corrected chi connectivity index (χ0v) is 11.5. The molecule has 0 heterocycles. The number of carbonyl (C=O) groups is 1. The standard InChI is InChI=1S/C13H28N2O/c1-6-10(2)7-12(16)15-9-11(14)8-13(3,4)5/h10-11H,6-9,14H2,1-5H3,(H,15,16). The van der Waals surface area contributed by atoms with Crippen molar-refractivity contribution in [2.45, 2.75) is 59.9 Å². The molecule has 0 aliphatic rings. The Bertz CT molecular complexity index is 208. The molecule has 0 aliphatic heterocycles. The van der Waals surface area contributed by atoms with Crippen molar-refractivity contribution in [1.82, 2.24) is 5.32 Å². The highest BCUT2D eigenvalue weighted by molar-refractivity contribution is 5.76. The van der Waals surface area contributed by atoms with Gasteiger partial charge in [0.2, 0.25) is 5.91 Å². The van der Waals surface area contributed by atoms with Crippen LogP contribution in [-0.2, 0) is 4.79 Å². The Morgan fingerprint density at radius 2 is 1.94 bits per heavy atom. The maximum absolute atomic E-state index is 11.5. The monoisotopic (exact) mass is 228 g/mol. The van der Waals surface area contributed by atoms with Gasteiger partial charge in [0.15, 0.2) is 0 Å². The summed E-state index contributed by atoms with van der Waals surface area (Å²) >= 11 is 0. The predicted octanol–water partition coefficient (Wildman–Crippen LogP) is 2.30. The van der Waals surface area contributed by atoms with Crippen molar-refractivity contribution < 1.29 is 4.79 Å². The number of amides is 1. The molecule has 1 amide bonds. The highest BCUT2D eigenvalue weighted by atomic mass is 16.1. The second-order valence-electron chi connectivity index (χ2n) is 6.05. The first kappa shape index (κ1) is 15.4. The predicted molar refractivity (Wildman–Crippen MR) is 69.1 cm³/mol. The molecule has 0 radical (unpaired) electrons. The first-order chi connectivity index (χ1) is 7.24. The van der Waals surface area contributed by atoms with Crippen LogP contribution in [0.2, 0.25) is 0 Å². The van der Waals surface area contributed by atoms with E-state index >= 15 is 0 Å². The van der Waals surface area contributed by atoms with E-state index in [1.54, 1.807) is 0 Å². The van der Waals surface area contributed by atoms with Gasteiger partial charge in [0.1, 0.15) is 0 Å². The Labute approximate surface area is 100 Å². The molecule has 2 unspecified atom stereocenters.